The van der Waals surface area contributed by atoms with Gasteiger partial charge in [-0.25, -0.2) is 0 Å². The fourth-order valence-corrected chi connectivity index (χ4v) is 0.806. The van der Waals surface area contributed by atoms with E-state index in [4.69, 9.17) is 5.73 Å². The monoisotopic (exact) mass is 182 g/mol. The Hall–Kier alpha value is -1.69. The molecule has 0 radical (unpaired) electrons. The third kappa shape index (κ3) is 2.38. The average molecular weight is 182 g/mol. The lowest BCUT2D eigenvalue weighted by Crippen LogP contribution is -2.10. The first-order valence-electron chi connectivity index (χ1n) is 3.73. The third-order valence-electron chi connectivity index (χ3n) is 1.41. The van der Waals surface area contributed by atoms with Gasteiger partial charge in [0.15, 0.2) is 0 Å². The predicted molar refractivity (Wildman–Crippen MR) is 47.9 cm³/mol. The molecule has 0 saturated carbocycles. The first-order chi connectivity index (χ1) is 6.11. The maximum absolute atomic E-state index is 10.4. The predicted octanol–water partition coefficient (Wildman–Crippen LogP) is 0.678. The molecule has 1 aromatic rings. The van der Waals surface area contributed by atoms with E-state index in [-0.39, 0.29) is 11.7 Å². The molecule has 70 valence electrons. The molecule has 6 nitrogen and oxygen atoms in total. The Balaban J connectivity index is 2.88. The molecule has 3 N–H and O–H groups in total. The van der Waals surface area contributed by atoms with Crippen LogP contribution in [0.3, 0.4) is 0 Å². The summed E-state index contributed by atoms with van der Waals surface area (Å²) in [5.74, 6) is 0. The molecule has 0 bridgehead atoms. The van der Waals surface area contributed by atoms with Gasteiger partial charge in [-0.3, -0.25) is 15.2 Å². The molecule has 1 rings (SSSR count). The van der Waals surface area contributed by atoms with Crippen LogP contribution in [0.25, 0.3) is 6.08 Å². The van der Waals surface area contributed by atoms with Gasteiger partial charge in [0.1, 0.15) is 11.9 Å². The van der Waals surface area contributed by atoms with Crippen LogP contribution in [0, 0.1) is 10.1 Å². The van der Waals surface area contributed by atoms with Gasteiger partial charge in [-0.05, 0) is 13.0 Å². The largest absolute Gasteiger partial charge is 0.325 e. The molecule has 0 amide bonds. The topological polar surface area (TPSA) is 97.8 Å². The van der Waals surface area contributed by atoms with Crippen molar-refractivity contribution >= 4 is 11.8 Å². The summed E-state index contributed by atoms with van der Waals surface area (Å²) in [6.07, 6.45) is 4.37. The summed E-state index contributed by atoms with van der Waals surface area (Å²) in [6, 6.07) is -0.136. The Morgan fingerprint density at radius 1 is 1.85 bits per heavy atom. The first-order valence-corrected chi connectivity index (χ1v) is 3.73. The Morgan fingerprint density at radius 3 is 3.08 bits per heavy atom. The van der Waals surface area contributed by atoms with E-state index in [1.807, 2.05) is 0 Å². The van der Waals surface area contributed by atoms with Crippen LogP contribution < -0.4 is 5.73 Å². The fraction of sp³-hybridized carbons (Fsp3) is 0.286. The third-order valence-corrected chi connectivity index (χ3v) is 1.41. The summed E-state index contributed by atoms with van der Waals surface area (Å²) in [6.45, 7) is 1.78. The van der Waals surface area contributed by atoms with Gasteiger partial charge in [-0.15, -0.1) is 0 Å². The van der Waals surface area contributed by atoms with Crippen molar-refractivity contribution in [2.75, 3.05) is 0 Å². The number of hydrogen-bond acceptors (Lipinski definition) is 4. The van der Waals surface area contributed by atoms with Gasteiger partial charge in [0.2, 0.25) is 0 Å². The molecule has 1 unspecified atom stereocenters. The quantitative estimate of drug-likeness (QED) is 0.530. The van der Waals surface area contributed by atoms with E-state index >= 15 is 0 Å². The summed E-state index contributed by atoms with van der Waals surface area (Å²) in [4.78, 5) is 9.91. The van der Waals surface area contributed by atoms with Crippen molar-refractivity contribution in [1.82, 2.24) is 10.2 Å². The number of aromatic amines is 1. The SMILES string of the molecule is CC(N)/C=C/c1[nH]ncc1[N+](=O)[O-]. The van der Waals surface area contributed by atoms with Crippen molar-refractivity contribution in [2.45, 2.75) is 13.0 Å². The number of H-pyrrole nitrogens is 1. The molecule has 0 aliphatic heterocycles. The van der Waals surface area contributed by atoms with Gasteiger partial charge in [0, 0.05) is 6.04 Å². The zero-order valence-electron chi connectivity index (χ0n) is 7.10. The van der Waals surface area contributed by atoms with Crippen LogP contribution in [0.15, 0.2) is 12.3 Å². The van der Waals surface area contributed by atoms with Crippen LogP contribution in [-0.4, -0.2) is 21.2 Å². The zero-order chi connectivity index (χ0) is 9.84. The molecule has 1 atom stereocenters. The molecule has 1 aromatic heterocycles. The number of nitrogens with one attached hydrogen (secondary N) is 1. The lowest BCUT2D eigenvalue weighted by atomic mass is 10.3. The molecule has 0 fully saturated rings. The molecule has 1 heterocycles. The second-order valence-electron chi connectivity index (χ2n) is 2.64. The minimum absolute atomic E-state index is 0.0445. The molecule has 0 aliphatic rings. The van der Waals surface area contributed by atoms with E-state index in [9.17, 15) is 10.1 Å². The van der Waals surface area contributed by atoms with Crippen LogP contribution in [-0.2, 0) is 0 Å². The van der Waals surface area contributed by atoms with Crippen LogP contribution in [0.2, 0.25) is 0 Å². The van der Waals surface area contributed by atoms with Crippen molar-refractivity contribution in [3.63, 3.8) is 0 Å². The van der Waals surface area contributed by atoms with Crippen LogP contribution >= 0.6 is 0 Å². The zero-order valence-corrected chi connectivity index (χ0v) is 7.10. The van der Waals surface area contributed by atoms with E-state index in [1.54, 1.807) is 19.1 Å². The van der Waals surface area contributed by atoms with Gasteiger partial charge in [0.25, 0.3) is 0 Å². The highest BCUT2D eigenvalue weighted by Crippen LogP contribution is 2.15. The molecule has 13 heavy (non-hydrogen) atoms. The summed E-state index contributed by atoms with van der Waals surface area (Å²) in [5.41, 5.74) is 5.76. The van der Waals surface area contributed by atoms with Gasteiger partial charge in [-0.1, -0.05) is 6.08 Å². The Kier molecular flexibility index (Phi) is 2.76. The van der Waals surface area contributed by atoms with E-state index in [1.165, 1.54) is 6.20 Å². The number of nitrogens with two attached hydrogens (primary N) is 1. The molecule has 6 heteroatoms. The van der Waals surface area contributed by atoms with Crippen molar-refractivity contribution in [2.24, 2.45) is 5.73 Å². The number of aromatic nitrogens is 2. The van der Waals surface area contributed by atoms with Crippen LogP contribution in [0.1, 0.15) is 12.6 Å². The Morgan fingerprint density at radius 2 is 2.54 bits per heavy atom. The van der Waals surface area contributed by atoms with Crippen molar-refractivity contribution in [1.29, 1.82) is 0 Å². The molecule has 0 spiro atoms. The molecule has 0 aromatic carbocycles. The van der Waals surface area contributed by atoms with Gasteiger partial charge in [0.05, 0.1) is 4.92 Å². The second kappa shape index (κ2) is 3.81. The lowest BCUT2D eigenvalue weighted by Gasteiger charge is -1.92. The number of nitrogens with zero attached hydrogens (tertiary/aromatic N) is 2. The standard InChI is InChI=1S/C7H10N4O2/c1-5(8)2-3-6-7(11(12)13)4-9-10-6/h2-5H,8H2,1H3,(H,9,10)/b3-2+. The molecular formula is C7H10N4O2. The second-order valence-corrected chi connectivity index (χ2v) is 2.64. The molecule has 0 saturated heterocycles. The highest BCUT2D eigenvalue weighted by Gasteiger charge is 2.12. The Labute approximate surface area is 74.6 Å². The van der Waals surface area contributed by atoms with Gasteiger partial charge in [-0.2, -0.15) is 5.10 Å². The van der Waals surface area contributed by atoms with Crippen LogP contribution in [0.4, 0.5) is 5.69 Å². The maximum atomic E-state index is 10.4. The fourth-order valence-electron chi connectivity index (χ4n) is 0.806. The van der Waals surface area contributed by atoms with E-state index in [0.29, 0.717) is 5.69 Å². The smallest absolute Gasteiger partial charge is 0.314 e. The van der Waals surface area contributed by atoms with E-state index < -0.39 is 4.92 Å². The average Bonchev–Trinajstić information content (AvgIpc) is 2.47. The van der Waals surface area contributed by atoms with Gasteiger partial charge >= 0.3 is 5.69 Å². The van der Waals surface area contributed by atoms with Crippen molar-refractivity contribution in [3.8, 4) is 0 Å². The summed E-state index contributed by atoms with van der Waals surface area (Å²) < 4.78 is 0. The minimum Gasteiger partial charge on any atom is -0.325 e. The van der Waals surface area contributed by atoms with E-state index in [2.05, 4.69) is 10.2 Å². The number of hydrogen-bond donors (Lipinski definition) is 2. The van der Waals surface area contributed by atoms with Gasteiger partial charge < -0.3 is 5.73 Å². The summed E-state index contributed by atoms with van der Waals surface area (Å²) in [5, 5.41) is 16.5. The summed E-state index contributed by atoms with van der Waals surface area (Å²) >= 11 is 0. The lowest BCUT2D eigenvalue weighted by molar-refractivity contribution is -0.385. The number of nitro groups is 1. The first kappa shape index (κ1) is 9.40. The van der Waals surface area contributed by atoms with E-state index in [0.717, 1.165) is 0 Å². The van der Waals surface area contributed by atoms with Crippen molar-refractivity contribution in [3.05, 3.63) is 28.1 Å². The minimum atomic E-state index is -0.496. The molecular weight excluding hydrogens is 172 g/mol. The maximum Gasteiger partial charge on any atom is 0.314 e. The normalized spacial score (nSPS) is 13.4. The molecule has 0 aliphatic carbocycles. The summed E-state index contributed by atoms with van der Waals surface area (Å²) in [7, 11) is 0. The highest BCUT2D eigenvalue weighted by molar-refractivity contribution is 5.55. The highest BCUT2D eigenvalue weighted by atomic mass is 16.6. The van der Waals surface area contributed by atoms with Crippen LogP contribution in [0.5, 0.6) is 0 Å². The number of rotatable bonds is 3. The Bertz CT molecular complexity index is 329. The van der Waals surface area contributed by atoms with Crippen molar-refractivity contribution < 1.29 is 4.92 Å².